The molecule has 17 heavy (non-hydrogen) atoms. The van der Waals surface area contributed by atoms with Gasteiger partial charge in [-0.05, 0) is 17.1 Å². The van der Waals surface area contributed by atoms with E-state index in [4.69, 9.17) is 4.43 Å². The second-order valence-electron chi connectivity index (χ2n) is 5.99. The SMILES string of the molecule is CCCCCCCC[Si](OC)(C(C)C)C(C)C. The largest absolute Gasteiger partial charge is 0.419 e. The fourth-order valence-electron chi connectivity index (χ4n) is 3.00. The van der Waals surface area contributed by atoms with Crippen molar-refractivity contribution >= 4 is 8.32 Å². The molecule has 1 nitrogen and oxygen atoms in total. The molecule has 0 heterocycles. The monoisotopic (exact) mass is 258 g/mol. The van der Waals surface area contributed by atoms with Crippen LogP contribution >= 0.6 is 0 Å². The predicted octanol–water partition coefficient (Wildman–Crippen LogP) is 5.76. The Bertz CT molecular complexity index is 170. The summed E-state index contributed by atoms with van der Waals surface area (Å²) in [6, 6.07) is 1.35. The molecule has 0 saturated heterocycles. The van der Waals surface area contributed by atoms with Crippen molar-refractivity contribution in [3.05, 3.63) is 0 Å². The van der Waals surface area contributed by atoms with Gasteiger partial charge in [0.25, 0.3) is 0 Å². The molecule has 0 amide bonds. The van der Waals surface area contributed by atoms with Gasteiger partial charge in [0, 0.05) is 7.11 Å². The molecule has 0 bridgehead atoms. The summed E-state index contributed by atoms with van der Waals surface area (Å²) in [5, 5.41) is 0. The van der Waals surface area contributed by atoms with E-state index in [1.54, 1.807) is 0 Å². The second kappa shape index (κ2) is 9.15. The normalized spacial score (nSPS) is 12.7. The van der Waals surface area contributed by atoms with Crippen LogP contribution in [0.25, 0.3) is 0 Å². The second-order valence-corrected chi connectivity index (χ2v) is 11.1. The van der Waals surface area contributed by atoms with E-state index in [2.05, 4.69) is 34.6 Å². The van der Waals surface area contributed by atoms with Crippen molar-refractivity contribution in [1.82, 2.24) is 0 Å². The summed E-state index contributed by atoms with van der Waals surface area (Å²) in [5.41, 5.74) is 1.48. The van der Waals surface area contributed by atoms with Crippen LogP contribution in [0, 0.1) is 0 Å². The lowest BCUT2D eigenvalue weighted by atomic mass is 10.1. The highest BCUT2D eigenvalue weighted by Crippen LogP contribution is 2.37. The van der Waals surface area contributed by atoms with Crippen molar-refractivity contribution in [1.29, 1.82) is 0 Å². The summed E-state index contributed by atoms with van der Waals surface area (Å²) < 4.78 is 6.03. The molecular weight excluding hydrogens is 224 g/mol. The zero-order chi connectivity index (χ0) is 13.3. The first-order valence-corrected chi connectivity index (χ1v) is 9.83. The fourth-order valence-corrected chi connectivity index (χ4v) is 7.44. The van der Waals surface area contributed by atoms with Gasteiger partial charge in [0.05, 0.1) is 0 Å². The van der Waals surface area contributed by atoms with E-state index in [-0.39, 0.29) is 0 Å². The smallest absolute Gasteiger partial charge is 0.197 e. The molecule has 0 aromatic carbocycles. The van der Waals surface area contributed by atoms with Gasteiger partial charge in [0.15, 0.2) is 8.32 Å². The third-order valence-electron chi connectivity index (χ3n) is 4.26. The molecule has 0 N–H and O–H groups in total. The molecule has 0 radical (unpaired) electrons. The minimum atomic E-state index is -1.49. The highest BCUT2D eigenvalue weighted by atomic mass is 28.4. The number of rotatable bonds is 10. The first-order chi connectivity index (χ1) is 8.01. The maximum atomic E-state index is 6.03. The van der Waals surface area contributed by atoms with Crippen molar-refractivity contribution in [2.75, 3.05) is 7.11 Å². The van der Waals surface area contributed by atoms with E-state index in [0.29, 0.717) is 0 Å². The number of hydrogen-bond donors (Lipinski definition) is 0. The van der Waals surface area contributed by atoms with Gasteiger partial charge >= 0.3 is 0 Å². The molecule has 0 aromatic rings. The molecule has 0 fully saturated rings. The summed E-state index contributed by atoms with van der Waals surface area (Å²) in [5.74, 6) is 0. The van der Waals surface area contributed by atoms with Gasteiger partial charge in [-0.25, -0.2) is 0 Å². The Morgan fingerprint density at radius 3 is 1.71 bits per heavy atom. The van der Waals surface area contributed by atoms with Gasteiger partial charge in [-0.2, -0.15) is 0 Å². The Morgan fingerprint density at radius 1 is 0.824 bits per heavy atom. The molecule has 0 aliphatic carbocycles. The predicted molar refractivity (Wildman–Crippen MR) is 81.1 cm³/mol. The molecule has 0 aliphatic rings. The molecule has 0 aliphatic heterocycles. The molecule has 0 rings (SSSR count). The Morgan fingerprint density at radius 2 is 1.29 bits per heavy atom. The molecule has 2 heteroatoms. The quantitative estimate of drug-likeness (QED) is 0.357. The van der Waals surface area contributed by atoms with Gasteiger partial charge in [-0.3, -0.25) is 0 Å². The van der Waals surface area contributed by atoms with Crippen LogP contribution in [0.4, 0.5) is 0 Å². The van der Waals surface area contributed by atoms with Gasteiger partial charge in [0.2, 0.25) is 0 Å². The van der Waals surface area contributed by atoms with Crippen molar-refractivity contribution in [3.63, 3.8) is 0 Å². The average Bonchev–Trinajstić information content (AvgIpc) is 2.27. The zero-order valence-electron chi connectivity index (χ0n) is 13.0. The van der Waals surface area contributed by atoms with E-state index in [1.807, 2.05) is 7.11 Å². The molecule has 0 atom stereocenters. The average molecular weight is 259 g/mol. The molecule has 0 saturated carbocycles. The third kappa shape index (κ3) is 5.56. The zero-order valence-corrected chi connectivity index (χ0v) is 14.0. The van der Waals surface area contributed by atoms with Crippen LogP contribution in [0.5, 0.6) is 0 Å². The Balaban J connectivity index is 4.01. The number of unbranched alkanes of at least 4 members (excludes halogenated alkanes) is 5. The molecular formula is C15H34OSi. The summed E-state index contributed by atoms with van der Waals surface area (Å²) >= 11 is 0. The van der Waals surface area contributed by atoms with Crippen molar-refractivity contribution < 1.29 is 4.43 Å². The lowest BCUT2D eigenvalue weighted by molar-refractivity contribution is 0.367. The van der Waals surface area contributed by atoms with E-state index < -0.39 is 8.32 Å². The van der Waals surface area contributed by atoms with Crippen LogP contribution in [0.2, 0.25) is 17.1 Å². The molecule has 0 aromatic heterocycles. The maximum Gasteiger partial charge on any atom is 0.197 e. The van der Waals surface area contributed by atoms with E-state index in [1.165, 1.54) is 44.6 Å². The summed E-state index contributed by atoms with van der Waals surface area (Å²) in [4.78, 5) is 0. The van der Waals surface area contributed by atoms with Crippen LogP contribution in [-0.4, -0.2) is 15.4 Å². The van der Waals surface area contributed by atoms with E-state index >= 15 is 0 Å². The van der Waals surface area contributed by atoms with E-state index in [0.717, 1.165) is 11.1 Å². The van der Waals surface area contributed by atoms with Crippen LogP contribution in [-0.2, 0) is 4.43 Å². The third-order valence-corrected chi connectivity index (χ3v) is 10.1. The summed E-state index contributed by atoms with van der Waals surface area (Å²) in [6.07, 6.45) is 8.35. The van der Waals surface area contributed by atoms with Crippen molar-refractivity contribution in [2.45, 2.75) is 90.3 Å². The molecule has 104 valence electrons. The van der Waals surface area contributed by atoms with Crippen LogP contribution in [0.3, 0.4) is 0 Å². The van der Waals surface area contributed by atoms with Crippen LogP contribution < -0.4 is 0 Å². The Labute approximate surface area is 110 Å². The lowest BCUT2D eigenvalue weighted by Gasteiger charge is -2.37. The number of hydrogen-bond acceptors (Lipinski definition) is 1. The lowest BCUT2D eigenvalue weighted by Crippen LogP contribution is -2.43. The van der Waals surface area contributed by atoms with Gasteiger partial charge in [-0.1, -0.05) is 73.1 Å². The Hall–Kier alpha value is 0.177. The molecule has 0 unspecified atom stereocenters. The molecule has 0 spiro atoms. The van der Waals surface area contributed by atoms with Crippen LogP contribution in [0.1, 0.15) is 73.1 Å². The first kappa shape index (κ1) is 17.2. The summed E-state index contributed by atoms with van der Waals surface area (Å²) in [6.45, 7) is 11.7. The van der Waals surface area contributed by atoms with Gasteiger partial charge < -0.3 is 4.43 Å². The maximum absolute atomic E-state index is 6.03. The van der Waals surface area contributed by atoms with Gasteiger partial charge in [-0.15, -0.1) is 0 Å². The summed E-state index contributed by atoms with van der Waals surface area (Å²) in [7, 11) is 0.455. The highest BCUT2D eigenvalue weighted by Gasteiger charge is 2.40. The topological polar surface area (TPSA) is 9.23 Å². The van der Waals surface area contributed by atoms with Crippen molar-refractivity contribution in [3.8, 4) is 0 Å². The van der Waals surface area contributed by atoms with Crippen molar-refractivity contribution in [2.24, 2.45) is 0 Å². The highest BCUT2D eigenvalue weighted by molar-refractivity contribution is 6.76. The minimum Gasteiger partial charge on any atom is -0.419 e. The first-order valence-electron chi connectivity index (χ1n) is 7.56. The minimum absolute atomic E-state index is 0.739. The fraction of sp³-hybridized carbons (Fsp3) is 1.00. The van der Waals surface area contributed by atoms with Crippen LogP contribution in [0.15, 0.2) is 0 Å². The van der Waals surface area contributed by atoms with E-state index in [9.17, 15) is 0 Å². The van der Waals surface area contributed by atoms with Gasteiger partial charge in [0.1, 0.15) is 0 Å². The Kier molecular flexibility index (Phi) is 9.25. The standard InChI is InChI=1S/C15H34OSi/c1-7-8-9-10-11-12-13-17(16-6,14(2)3)15(4)5/h14-15H,7-13H2,1-6H3.